The topological polar surface area (TPSA) is 26.0 Å². The van der Waals surface area contributed by atoms with Crippen LogP contribution in [-0.2, 0) is 12.0 Å². The van der Waals surface area contributed by atoms with Gasteiger partial charge in [0.15, 0.2) is 0 Å². The summed E-state index contributed by atoms with van der Waals surface area (Å²) in [5.41, 5.74) is 11.0. The number of aryl methyl sites for hydroxylation is 2. The van der Waals surface area contributed by atoms with Gasteiger partial charge in [-0.1, -0.05) is 61.0 Å². The zero-order valence-electron chi connectivity index (χ0n) is 11.4. The Morgan fingerprint density at radius 2 is 1.67 bits per heavy atom. The summed E-state index contributed by atoms with van der Waals surface area (Å²) in [5, 5.41) is 0. The summed E-state index contributed by atoms with van der Waals surface area (Å²) in [6.07, 6.45) is 1.06. The molecule has 2 rings (SSSR count). The molecule has 94 valence electrons. The molecule has 0 aromatic heterocycles. The minimum atomic E-state index is -0.432. The third-order valence-corrected chi connectivity index (χ3v) is 3.58. The maximum absolute atomic E-state index is 6.52. The summed E-state index contributed by atoms with van der Waals surface area (Å²) in [6.45, 7) is 6.33. The largest absolute Gasteiger partial charge is 0.318 e. The average Bonchev–Trinajstić information content (AvgIpc) is 2.39. The van der Waals surface area contributed by atoms with Crippen molar-refractivity contribution in [3.63, 3.8) is 0 Å². The van der Waals surface area contributed by atoms with Gasteiger partial charge in [0.2, 0.25) is 0 Å². The SMILES string of the molecule is CCc1ccc(C(C)(N)c2cccc(C)c2)cc1. The van der Waals surface area contributed by atoms with Gasteiger partial charge in [-0.2, -0.15) is 0 Å². The summed E-state index contributed by atoms with van der Waals surface area (Å²) in [6, 6.07) is 17.0. The lowest BCUT2D eigenvalue weighted by Gasteiger charge is -2.26. The fourth-order valence-electron chi connectivity index (χ4n) is 2.22. The smallest absolute Gasteiger partial charge is 0.0637 e. The standard InChI is InChI=1S/C17H21N/c1-4-14-8-10-15(11-9-14)17(3,18)16-7-5-6-13(2)12-16/h5-12H,4,18H2,1-3H3. The van der Waals surface area contributed by atoms with Crippen molar-refractivity contribution < 1.29 is 0 Å². The predicted molar refractivity (Wildman–Crippen MR) is 77.6 cm³/mol. The summed E-state index contributed by atoms with van der Waals surface area (Å²) in [5.74, 6) is 0. The van der Waals surface area contributed by atoms with Crippen molar-refractivity contribution in [1.82, 2.24) is 0 Å². The van der Waals surface area contributed by atoms with Crippen molar-refractivity contribution in [2.45, 2.75) is 32.7 Å². The normalized spacial score (nSPS) is 14.2. The van der Waals surface area contributed by atoms with Crippen molar-refractivity contribution in [3.8, 4) is 0 Å². The Balaban J connectivity index is 2.40. The molecule has 0 saturated heterocycles. The third kappa shape index (κ3) is 2.46. The van der Waals surface area contributed by atoms with E-state index >= 15 is 0 Å². The maximum atomic E-state index is 6.52. The van der Waals surface area contributed by atoms with E-state index in [9.17, 15) is 0 Å². The molecule has 0 radical (unpaired) electrons. The van der Waals surface area contributed by atoms with Crippen molar-refractivity contribution in [1.29, 1.82) is 0 Å². The van der Waals surface area contributed by atoms with Crippen molar-refractivity contribution >= 4 is 0 Å². The number of benzene rings is 2. The number of hydrogen-bond donors (Lipinski definition) is 1. The van der Waals surface area contributed by atoms with E-state index in [1.165, 1.54) is 11.1 Å². The van der Waals surface area contributed by atoms with Gasteiger partial charge in [-0.05, 0) is 37.0 Å². The molecule has 0 amide bonds. The van der Waals surface area contributed by atoms with Gasteiger partial charge >= 0.3 is 0 Å². The molecule has 0 fully saturated rings. The molecule has 0 bridgehead atoms. The Kier molecular flexibility index (Phi) is 3.53. The van der Waals surface area contributed by atoms with Crippen LogP contribution in [-0.4, -0.2) is 0 Å². The van der Waals surface area contributed by atoms with E-state index in [-0.39, 0.29) is 0 Å². The van der Waals surface area contributed by atoms with Gasteiger partial charge in [0.25, 0.3) is 0 Å². The van der Waals surface area contributed by atoms with E-state index in [2.05, 4.69) is 69.3 Å². The van der Waals surface area contributed by atoms with E-state index in [1.54, 1.807) is 0 Å². The van der Waals surface area contributed by atoms with Gasteiger partial charge in [0.05, 0.1) is 5.54 Å². The monoisotopic (exact) mass is 239 g/mol. The molecule has 0 spiro atoms. The van der Waals surface area contributed by atoms with Crippen LogP contribution in [0.2, 0.25) is 0 Å². The zero-order valence-corrected chi connectivity index (χ0v) is 11.4. The minimum Gasteiger partial charge on any atom is -0.318 e. The van der Waals surface area contributed by atoms with Gasteiger partial charge in [0, 0.05) is 0 Å². The molecule has 18 heavy (non-hydrogen) atoms. The molecule has 2 N–H and O–H groups in total. The molecule has 1 nitrogen and oxygen atoms in total. The Bertz CT molecular complexity index is 524. The Labute approximate surface area is 110 Å². The minimum absolute atomic E-state index is 0.432. The lowest BCUT2D eigenvalue weighted by atomic mass is 9.84. The summed E-state index contributed by atoms with van der Waals surface area (Å²) in [7, 11) is 0. The van der Waals surface area contributed by atoms with Crippen LogP contribution >= 0.6 is 0 Å². The summed E-state index contributed by atoms with van der Waals surface area (Å²) >= 11 is 0. The lowest BCUT2D eigenvalue weighted by molar-refractivity contribution is 0.602. The van der Waals surface area contributed by atoms with E-state index in [4.69, 9.17) is 5.73 Å². The second kappa shape index (κ2) is 4.95. The van der Waals surface area contributed by atoms with Crippen molar-refractivity contribution in [2.24, 2.45) is 5.73 Å². The van der Waals surface area contributed by atoms with Crippen molar-refractivity contribution in [2.75, 3.05) is 0 Å². The van der Waals surface area contributed by atoms with Crippen LogP contribution in [0.15, 0.2) is 48.5 Å². The number of hydrogen-bond acceptors (Lipinski definition) is 1. The molecule has 0 heterocycles. The first-order valence-electron chi connectivity index (χ1n) is 6.49. The van der Waals surface area contributed by atoms with E-state index in [1.807, 2.05) is 0 Å². The number of rotatable bonds is 3. The van der Waals surface area contributed by atoms with Crippen LogP contribution in [0, 0.1) is 6.92 Å². The second-order valence-corrected chi connectivity index (χ2v) is 5.12. The summed E-state index contributed by atoms with van der Waals surface area (Å²) in [4.78, 5) is 0. The first kappa shape index (κ1) is 12.8. The van der Waals surface area contributed by atoms with Crippen LogP contribution in [0.4, 0.5) is 0 Å². The van der Waals surface area contributed by atoms with Gasteiger partial charge in [-0.3, -0.25) is 0 Å². The Hall–Kier alpha value is -1.60. The Morgan fingerprint density at radius 1 is 1.00 bits per heavy atom. The van der Waals surface area contributed by atoms with E-state index in [0.717, 1.165) is 17.5 Å². The maximum Gasteiger partial charge on any atom is 0.0637 e. The first-order chi connectivity index (χ1) is 8.54. The fraction of sp³-hybridized carbons (Fsp3) is 0.294. The quantitative estimate of drug-likeness (QED) is 0.866. The molecule has 1 unspecified atom stereocenters. The van der Waals surface area contributed by atoms with Crippen LogP contribution in [0.25, 0.3) is 0 Å². The molecule has 1 atom stereocenters. The van der Waals surface area contributed by atoms with Gasteiger partial charge in [0.1, 0.15) is 0 Å². The number of nitrogens with two attached hydrogens (primary N) is 1. The lowest BCUT2D eigenvalue weighted by Crippen LogP contribution is -2.34. The first-order valence-corrected chi connectivity index (χ1v) is 6.49. The molecule has 0 aliphatic heterocycles. The molecule has 0 saturated carbocycles. The van der Waals surface area contributed by atoms with Gasteiger partial charge in [-0.25, -0.2) is 0 Å². The molecule has 2 aromatic rings. The van der Waals surface area contributed by atoms with E-state index in [0.29, 0.717) is 0 Å². The van der Waals surface area contributed by atoms with Gasteiger partial charge < -0.3 is 5.73 Å². The fourth-order valence-corrected chi connectivity index (χ4v) is 2.22. The molecule has 2 aromatic carbocycles. The Morgan fingerprint density at radius 3 is 2.22 bits per heavy atom. The zero-order chi connectivity index (χ0) is 13.2. The molecule has 1 heteroatoms. The highest BCUT2D eigenvalue weighted by atomic mass is 14.7. The molecular formula is C17H21N. The third-order valence-electron chi connectivity index (χ3n) is 3.58. The van der Waals surface area contributed by atoms with Crippen LogP contribution < -0.4 is 5.73 Å². The van der Waals surface area contributed by atoms with Crippen LogP contribution in [0.1, 0.15) is 36.1 Å². The highest BCUT2D eigenvalue weighted by molar-refractivity contribution is 5.39. The highest BCUT2D eigenvalue weighted by Crippen LogP contribution is 2.27. The summed E-state index contributed by atoms with van der Waals surface area (Å²) < 4.78 is 0. The molecular weight excluding hydrogens is 218 g/mol. The van der Waals surface area contributed by atoms with Crippen LogP contribution in [0.3, 0.4) is 0 Å². The predicted octanol–water partition coefficient (Wildman–Crippen LogP) is 3.78. The van der Waals surface area contributed by atoms with Crippen LogP contribution in [0.5, 0.6) is 0 Å². The average molecular weight is 239 g/mol. The highest BCUT2D eigenvalue weighted by Gasteiger charge is 2.23. The molecule has 0 aliphatic carbocycles. The second-order valence-electron chi connectivity index (χ2n) is 5.12. The van der Waals surface area contributed by atoms with E-state index < -0.39 is 5.54 Å². The van der Waals surface area contributed by atoms with Gasteiger partial charge in [-0.15, -0.1) is 0 Å². The van der Waals surface area contributed by atoms with Crippen molar-refractivity contribution in [3.05, 3.63) is 70.8 Å². The molecule has 0 aliphatic rings.